The Morgan fingerprint density at radius 1 is 1.19 bits per heavy atom. The van der Waals surface area contributed by atoms with Gasteiger partial charge in [-0.25, -0.2) is 0 Å². The lowest BCUT2D eigenvalue weighted by molar-refractivity contribution is -0.120. The van der Waals surface area contributed by atoms with Crippen molar-refractivity contribution in [1.82, 2.24) is 10.6 Å². The molecule has 0 aromatic heterocycles. The minimum Gasteiger partial charge on any atom is -0.490 e. The van der Waals surface area contributed by atoms with E-state index in [0.29, 0.717) is 19.2 Å². The summed E-state index contributed by atoms with van der Waals surface area (Å²) in [7, 11) is 1.76. The van der Waals surface area contributed by atoms with Crippen LogP contribution < -0.4 is 15.4 Å². The maximum Gasteiger partial charge on any atom is 0.234 e. The van der Waals surface area contributed by atoms with E-state index in [2.05, 4.69) is 10.6 Å². The van der Waals surface area contributed by atoms with Crippen LogP contribution in [0, 0.1) is 0 Å². The van der Waals surface area contributed by atoms with Crippen LogP contribution >= 0.6 is 12.4 Å². The predicted molar refractivity (Wildman–Crippen MR) is 87.0 cm³/mol. The normalized spacial score (nSPS) is 15.1. The Kier molecular flexibility index (Phi) is 8.16. The second kappa shape index (κ2) is 9.64. The van der Waals surface area contributed by atoms with Gasteiger partial charge in [0.05, 0.1) is 12.6 Å². The van der Waals surface area contributed by atoms with E-state index in [9.17, 15) is 4.79 Å². The zero-order valence-electron chi connectivity index (χ0n) is 12.6. The van der Waals surface area contributed by atoms with Crippen LogP contribution in [-0.4, -0.2) is 25.6 Å². The molecule has 4 nitrogen and oxygen atoms in total. The van der Waals surface area contributed by atoms with Gasteiger partial charge in [-0.15, -0.1) is 12.4 Å². The molecule has 0 unspecified atom stereocenters. The van der Waals surface area contributed by atoms with Gasteiger partial charge < -0.3 is 15.4 Å². The van der Waals surface area contributed by atoms with Crippen molar-refractivity contribution in [3.05, 3.63) is 29.8 Å². The molecule has 21 heavy (non-hydrogen) atoms. The van der Waals surface area contributed by atoms with E-state index in [-0.39, 0.29) is 18.3 Å². The standard InChI is InChI=1S/C16H24N2O2.ClH/c1-17-12-16(19)18-11-13-7-9-15(10-8-13)20-14-5-3-2-4-6-14;/h7-10,14,17H,2-6,11-12H2,1H3,(H,18,19);1H. The molecule has 5 heteroatoms. The van der Waals surface area contributed by atoms with Crippen molar-refractivity contribution in [1.29, 1.82) is 0 Å². The average Bonchev–Trinajstić information content (AvgIpc) is 2.48. The summed E-state index contributed by atoms with van der Waals surface area (Å²) >= 11 is 0. The van der Waals surface area contributed by atoms with Crippen LogP contribution in [-0.2, 0) is 11.3 Å². The fourth-order valence-electron chi connectivity index (χ4n) is 2.49. The molecular weight excluding hydrogens is 288 g/mol. The van der Waals surface area contributed by atoms with Crippen LogP contribution in [0.25, 0.3) is 0 Å². The number of likely N-dealkylation sites (N-methyl/N-ethyl adjacent to an activating group) is 1. The third-order valence-electron chi connectivity index (χ3n) is 3.61. The topological polar surface area (TPSA) is 50.4 Å². The van der Waals surface area contributed by atoms with Gasteiger partial charge in [0.25, 0.3) is 0 Å². The number of hydrogen-bond donors (Lipinski definition) is 2. The Balaban J connectivity index is 0.00000220. The van der Waals surface area contributed by atoms with Crippen molar-refractivity contribution < 1.29 is 9.53 Å². The molecule has 2 rings (SSSR count). The molecule has 0 atom stereocenters. The number of rotatable bonds is 6. The number of benzene rings is 1. The van der Waals surface area contributed by atoms with Crippen LogP contribution in [0.15, 0.2) is 24.3 Å². The summed E-state index contributed by atoms with van der Waals surface area (Å²) in [6.07, 6.45) is 6.61. The van der Waals surface area contributed by atoms with Gasteiger partial charge in [-0.3, -0.25) is 4.79 Å². The molecule has 0 saturated heterocycles. The van der Waals surface area contributed by atoms with E-state index in [1.807, 2.05) is 24.3 Å². The molecule has 1 fully saturated rings. The van der Waals surface area contributed by atoms with Crippen molar-refractivity contribution in [3.8, 4) is 5.75 Å². The first-order chi connectivity index (χ1) is 9.78. The van der Waals surface area contributed by atoms with Crippen molar-refractivity contribution in [2.75, 3.05) is 13.6 Å². The van der Waals surface area contributed by atoms with E-state index >= 15 is 0 Å². The molecule has 1 amide bonds. The number of halogens is 1. The van der Waals surface area contributed by atoms with E-state index in [0.717, 1.165) is 11.3 Å². The SMILES string of the molecule is CNCC(=O)NCc1ccc(OC2CCCCC2)cc1.Cl. The number of hydrogen-bond acceptors (Lipinski definition) is 3. The molecule has 1 aromatic carbocycles. The monoisotopic (exact) mass is 312 g/mol. The first kappa shape index (κ1) is 17.8. The first-order valence-corrected chi connectivity index (χ1v) is 7.45. The number of ether oxygens (including phenoxy) is 1. The maximum atomic E-state index is 11.3. The second-order valence-corrected chi connectivity index (χ2v) is 5.33. The predicted octanol–water partition coefficient (Wildman–Crippen LogP) is 2.66. The lowest BCUT2D eigenvalue weighted by Crippen LogP contribution is -2.31. The van der Waals surface area contributed by atoms with Crippen LogP contribution in [0.2, 0.25) is 0 Å². The minimum absolute atomic E-state index is 0. The van der Waals surface area contributed by atoms with Gasteiger partial charge in [0.2, 0.25) is 5.91 Å². The molecule has 0 aliphatic heterocycles. The highest BCUT2D eigenvalue weighted by molar-refractivity contribution is 5.85. The first-order valence-electron chi connectivity index (χ1n) is 7.45. The van der Waals surface area contributed by atoms with Crippen molar-refractivity contribution >= 4 is 18.3 Å². The third kappa shape index (κ3) is 6.36. The highest BCUT2D eigenvalue weighted by Crippen LogP contribution is 2.23. The maximum absolute atomic E-state index is 11.3. The lowest BCUT2D eigenvalue weighted by atomic mass is 9.98. The Bertz CT molecular complexity index is 417. The van der Waals surface area contributed by atoms with Gasteiger partial charge in [0, 0.05) is 6.54 Å². The molecule has 1 saturated carbocycles. The van der Waals surface area contributed by atoms with Crippen molar-refractivity contribution in [3.63, 3.8) is 0 Å². The number of carbonyl (C=O) groups is 1. The average molecular weight is 313 g/mol. The summed E-state index contributed by atoms with van der Waals surface area (Å²) < 4.78 is 5.98. The molecule has 0 spiro atoms. The Morgan fingerprint density at radius 2 is 1.86 bits per heavy atom. The molecule has 2 N–H and O–H groups in total. The van der Waals surface area contributed by atoms with Crippen LogP contribution in [0.3, 0.4) is 0 Å². The summed E-state index contributed by atoms with van der Waals surface area (Å²) in [6, 6.07) is 8.01. The smallest absolute Gasteiger partial charge is 0.234 e. The van der Waals surface area contributed by atoms with Crippen molar-refractivity contribution in [2.24, 2.45) is 0 Å². The summed E-state index contributed by atoms with van der Waals surface area (Å²) in [6.45, 7) is 0.910. The number of nitrogens with one attached hydrogen (secondary N) is 2. The fourth-order valence-corrected chi connectivity index (χ4v) is 2.49. The van der Waals surface area contributed by atoms with Crippen molar-refractivity contribution in [2.45, 2.75) is 44.8 Å². The van der Waals surface area contributed by atoms with Crippen LogP contribution in [0.4, 0.5) is 0 Å². The Morgan fingerprint density at radius 3 is 2.48 bits per heavy atom. The lowest BCUT2D eigenvalue weighted by Gasteiger charge is -2.23. The van der Waals surface area contributed by atoms with Gasteiger partial charge >= 0.3 is 0 Å². The minimum atomic E-state index is 0. The molecule has 1 aliphatic carbocycles. The van der Waals surface area contributed by atoms with Gasteiger partial charge in [0.1, 0.15) is 5.75 Å². The molecule has 1 aromatic rings. The zero-order chi connectivity index (χ0) is 14.2. The summed E-state index contributed by atoms with van der Waals surface area (Å²) in [4.78, 5) is 11.3. The molecule has 0 heterocycles. The van der Waals surface area contributed by atoms with E-state index in [4.69, 9.17) is 4.74 Å². The molecule has 0 bridgehead atoms. The molecule has 118 valence electrons. The number of amides is 1. The van der Waals surface area contributed by atoms with Gasteiger partial charge in [-0.2, -0.15) is 0 Å². The summed E-state index contributed by atoms with van der Waals surface area (Å²) in [5, 5.41) is 5.68. The fraction of sp³-hybridized carbons (Fsp3) is 0.562. The van der Waals surface area contributed by atoms with E-state index in [1.54, 1.807) is 7.05 Å². The summed E-state index contributed by atoms with van der Waals surface area (Å²) in [5.74, 6) is 0.942. The van der Waals surface area contributed by atoms with Crippen LogP contribution in [0.5, 0.6) is 5.75 Å². The largest absolute Gasteiger partial charge is 0.490 e. The van der Waals surface area contributed by atoms with Crippen LogP contribution in [0.1, 0.15) is 37.7 Å². The third-order valence-corrected chi connectivity index (χ3v) is 3.61. The summed E-state index contributed by atoms with van der Waals surface area (Å²) in [5.41, 5.74) is 1.09. The molecular formula is C16H25ClN2O2. The second-order valence-electron chi connectivity index (χ2n) is 5.33. The molecule has 0 radical (unpaired) electrons. The highest BCUT2D eigenvalue weighted by Gasteiger charge is 2.14. The van der Waals surface area contributed by atoms with Gasteiger partial charge in [0.15, 0.2) is 0 Å². The van der Waals surface area contributed by atoms with E-state index in [1.165, 1.54) is 32.1 Å². The van der Waals surface area contributed by atoms with Gasteiger partial charge in [-0.05, 0) is 50.4 Å². The Hall–Kier alpha value is -1.26. The van der Waals surface area contributed by atoms with Gasteiger partial charge in [-0.1, -0.05) is 18.6 Å². The van der Waals surface area contributed by atoms with E-state index < -0.39 is 0 Å². The zero-order valence-corrected chi connectivity index (χ0v) is 13.4. The highest BCUT2D eigenvalue weighted by atomic mass is 35.5. The quantitative estimate of drug-likeness (QED) is 0.849. The number of carbonyl (C=O) groups excluding carboxylic acids is 1. The molecule has 1 aliphatic rings. The Labute approximate surface area is 133 Å².